The summed E-state index contributed by atoms with van der Waals surface area (Å²) in [6.07, 6.45) is 3.26. The van der Waals surface area contributed by atoms with Crippen molar-refractivity contribution in [2.45, 2.75) is 58.8 Å². The highest BCUT2D eigenvalue weighted by Crippen LogP contribution is 2.29. The molecule has 1 amide bonds. The Labute approximate surface area is 169 Å². The van der Waals surface area contributed by atoms with Crippen LogP contribution in [0, 0.1) is 11.8 Å². The van der Waals surface area contributed by atoms with E-state index in [1.54, 1.807) is 12.4 Å². The van der Waals surface area contributed by atoms with Gasteiger partial charge < -0.3 is 9.47 Å². The summed E-state index contributed by atoms with van der Waals surface area (Å²) < 4.78 is 40.2. The zero-order valence-corrected chi connectivity index (χ0v) is 17.0. The maximum Gasteiger partial charge on any atom is 0.416 e. The molecule has 1 fully saturated rings. The van der Waals surface area contributed by atoms with Crippen LogP contribution < -0.4 is 0 Å². The van der Waals surface area contributed by atoms with Gasteiger partial charge in [-0.15, -0.1) is 0 Å². The van der Waals surface area contributed by atoms with Crippen molar-refractivity contribution in [3.63, 3.8) is 0 Å². The zero-order chi connectivity index (χ0) is 21.0. The van der Waals surface area contributed by atoms with Gasteiger partial charge in [-0.1, -0.05) is 38.8 Å². The molecule has 3 rings (SSSR count). The number of benzene rings is 1. The van der Waals surface area contributed by atoms with Gasteiger partial charge in [0.1, 0.15) is 5.82 Å². The molecule has 4 nitrogen and oxygen atoms in total. The first kappa shape index (κ1) is 21.4. The fourth-order valence-electron chi connectivity index (χ4n) is 3.91. The minimum atomic E-state index is -4.34. The number of rotatable bonds is 7. The number of imidazole rings is 1. The van der Waals surface area contributed by atoms with Crippen molar-refractivity contribution in [1.29, 1.82) is 0 Å². The summed E-state index contributed by atoms with van der Waals surface area (Å²) in [6, 6.07) is 5.17. The van der Waals surface area contributed by atoms with Crippen LogP contribution in [0.3, 0.4) is 0 Å². The molecule has 2 aromatic rings. The van der Waals surface area contributed by atoms with Gasteiger partial charge >= 0.3 is 6.18 Å². The Morgan fingerprint density at radius 2 is 1.86 bits per heavy atom. The first-order chi connectivity index (χ1) is 13.7. The van der Waals surface area contributed by atoms with E-state index in [0.29, 0.717) is 25.6 Å². The predicted molar refractivity (Wildman–Crippen MR) is 105 cm³/mol. The second kappa shape index (κ2) is 9.01. The molecule has 0 aliphatic heterocycles. The minimum absolute atomic E-state index is 0.104. The molecule has 0 bridgehead atoms. The highest BCUT2D eigenvalue weighted by Gasteiger charge is 2.30. The number of carbonyl (C=O) groups excluding carboxylic acids is 1. The molecule has 1 aromatic carbocycles. The molecule has 1 aliphatic carbocycles. The standard InChI is InChI=1S/C22H28F3N3O/c1-16(2)13-28(21(29)18-5-3-4-6-18)15-20-26-11-12-27(20)14-17-7-9-19(10-8-17)22(23,24)25/h7-12,16,18H,3-6,13-15H2,1-2H3. The van der Waals surface area contributed by atoms with E-state index in [-0.39, 0.29) is 11.8 Å². The number of hydrogen-bond donors (Lipinski definition) is 0. The van der Waals surface area contributed by atoms with E-state index in [1.807, 2.05) is 9.47 Å². The zero-order valence-electron chi connectivity index (χ0n) is 17.0. The Kier molecular flexibility index (Phi) is 6.65. The minimum Gasteiger partial charge on any atom is -0.335 e. The fourth-order valence-corrected chi connectivity index (χ4v) is 3.91. The molecular formula is C22H28F3N3O. The summed E-state index contributed by atoms with van der Waals surface area (Å²) in [5, 5.41) is 0. The summed E-state index contributed by atoms with van der Waals surface area (Å²) >= 11 is 0. The average molecular weight is 407 g/mol. The van der Waals surface area contributed by atoms with Gasteiger partial charge in [0, 0.05) is 31.4 Å². The molecule has 0 N–H and O–H groups in total. The molecule has 0 unspecified atom stereocenters. The van der Waals surface area contributed by atoms with Crippen LogP contribution in [0.25, 0.3) is 0 Å². The topological polar surface area (TPSA) is 38.1 Å². The number of amides is 1. The van der Waals surface area contributed by atoms with E-state index in [9.17, 15) is 18.0 Å². The number of hydrogen-bond acceptors (Lipinski definition) is 2. The Hall–Kier alpha value is -2.31. The maximum atomic E-state index is 13.0. The Morgan fingerprint density at radius 1 is 1.21 bits per heavy atom. The number of alkyl halides is 3. The van der Waals surface area contributed by atoms with Gasteiger partial charge in [-0.3, -0.25) is 4.79 Å². The van der Waals surface area contributed by atoms with Crippen molar-refractivity contribution in [3.8, 4) is 0 Å². The normalized spacial score (nSPS) is 15.2. The highest BCUT2D eigenvalue weighted by atomic mass is 19.4. The van der Waals surface area contributed by atoms with Crippen molar-refractivity contribution in [1.82, 2.24) is 14.5 Å². The Morgan fingerprint density at radius 3 is 2.45 bits per heavy atom. The molecule has 1 heterocycles. The van der Waals surface area contributed by atoms with Crippen molar-refractivity contribution in [3.05, 3.63) is 53.6 Å². The summed E-state index contributed by atoms with van der Waals surface area (Å²) in [5.74, 6) is 1.39. The number of aromatic nitrogens is 2. The van der Waals surface area contributed by atoms with Gasteiger partial charge in [0.2, 0.25) is 5.91 Å². The van der Waals surface area contributed by atoms with Crippen LogP contribution in [0.1, 0.15) is 56.5 Å². The Bertz CT molecular complexity index is 805. The third-order valence-corrected chi connectivity index (χ3v) is 5.37. The van der Waals surface area contributed by atoms with E-state index in [1.165, 1.54) is 12.1 Å². The average Bonchev–Trinajstić information content (AvgIpc) is 3.32. The molecule has 0 atom stereocenters. The lowest BCUT2D eigenvalue weighted by molar-refractivity contribution is -0.138. The van der Waals surface area contributed by atoms with Crippen molar-refractivity contribution < 1.29 is 18.0 Å². The van der Waals surface area contributed by atoms with E-state index in [4.69, 9.17) is 0 Å². The molecule has 1 saturated carbocycles. The Balaban J connectivity index is 1.72. The van der Waals surface area contributed by atoms with Crippen LogP contribution in [0.5, 0.6) is 0 Å². The van der Waals surface area contributed by atoms with Crippen LogP contribution in [0.2, 0.25) is 0 Å². The number of nitrogens with zero attached hydrogens (tertiary/aromatic N) is 3. The van der Waals surface area contributed by atoms with Crippen LogP contribution in [0.15, 0.2) is 36.7 Å². The largest absolute Gasteiger partial charge is 0.416 e. The van der Waals surface area contributed by atoms with E-state index in [2.05, 4.69) is 18.8 Å². The number of carbonyl (C=O) groups is 1. The number of halogens is 3. The summed E-state index contributed by atoms with van der Waals surface area (Å²) in [7, 11) is 0. The van der Waals surface area contributed by atoms with Crippen LogP contribution >= 0.6 is 0 Å². The van der Waals surface area contributed by atoms with Crippen LogP contribution in [-0.4, -0.2) is 26.9 Å². The monoisotopic (exact) mass is 407 g/mol. The predicted octanol–water partition coefficient (Wildman–Crippen LogP) is 5.13. The summed E-state index contributed by atoms with van der Waals surface area (Å²) in [6.45, 7) is 5.68. The quantitative estimate of drug-likeness (QED) is 0.639. The lowest BCUT2D eigenvalue weighted by Gasteiger charge is -2.27. The molecule has 0 radical (unpaired) electrons. The highest BCUT2D eigenvalue weighted by molar-refractivity contribution is 5.79. The molecule has 0 spiro atoms. The van der Waals surface area contributed by atoms with Gasteiger partial charge in [0.05, 0.1) is 12.1 Å². The van der Waals surface area contributed by atoms with Gasteiger partial charge in [-0.25, -0.2) is 4.98 Å². The smallest absolute Gasteiger partial charge is 0.335 e. The maximum absolute atomic E-state index is 13.0. The molecule has 1 aliphatic rings. The van der Waals surface area contributed by atoms with Crippen molar-refractivity contribution >= 4 is 5.91 Å². The second-order valence-corrected chi connectivity index (χ2v) is 8.26. The SMILES string of the molecule is CC(C)CN(Cc1nccn1Cc1ccc(C(F)(F)F)cc1)C(=O)C1CCCC1. The molecule has 7 heteroatoms. The second-order valence-electron chi connectivity index (χ2n) is 8.26. The van der Waals surface area contributed by atoms with Crippen LogP contribution in [-0.2, 0) is 24.1 Å². The summed E-state index contributed by atoms with van der Waals surface area (Å²) in [4.78, 5) is 19.3. The first-order valence-electron chi connectivity index (χ1n) is 10.2. The van der Waals surface area contributed by atoms with Crippen molar-refractivity contribution in [2.75, 3.05) is 6.54 Å². The third kappa shape index (κ3) is 5.61. The van der Waals surface area contributed by atoms with Crippen molar-refractivity contribution in [2.24, 2.45) is 11.8 Å². The molecule has 0 saturated heterocycles. The lowest BCUT2D eigenvalue weighted by atomic mass is 10.1. The van der Waals surface area contributed by atoms with E-state index in [0.717, 1.165) is 49.2 Å². The van der Waals surface area contributed by atoms with Gasteiger partial charge in [0.15, 0.2) is 0 Å². The van der Waals surface area contributed by atoms with Gasteiger partial charge in [-0.2, -0.15) is 13.2 Å². The molecule has 1 aromatic heterocycles. The molecule has 158 valence electrons. The van der Waals surface area contributed by atoms with E-state index < -0.39 is 11.7 Å². The van der Waals surface area contributed by atoms with E-state index >= 15 is 0 Å². The van der Waals surface area contributed by atoms with Crippen LogP contribution in [0.4, 0.5) is 13.2 Å². The van der Waals surface area contributed by atoms with Gasteiger partial charge in [-0.05, 0) is 36.5 Å². The summed E-state index contributed by atoms with van der Waals surface area (Å²) in [5.41, 5.74) is 0.104. The van der Waals surface area contributed by atoms with Gasteiger partial charge in [0.25, 0.3) is 0 Å². The molecule has 29 heavy (non-hydrogen) atoms. The third-order valence-electron chi connectivity index (χ3n) is 5.37. The lowest BCUT2D eigenvalue weighted by Crippen LogP contribution is -2.38. The first-order valence-corrected chi connectivity index (χ1v) is 10.2. The molecular weight excluding hydrogens is 379 g/mol. The fraction of sp³-hybridized carbons (Fsp3) is 0.545.